The molecule has 3 rings (SSSR count). The van der Waals surface area contributed by atoms with Crippen LogP contribution in [0.2, 0.25) is 0 Å². The summed E-state index contributed by atoms with van der Waals surface area (Å²) in [6, 6.07) is 4.53. The number of hydrogen-bond donors (Lipinski definition) is 1. The molecule has 2 heterocycles. The van der Waals surface area contributed by atoms with Gasteiger partial charge in [0.2, 0.25) is 0 Å². The molecule has 3 nitrogen and oxygen atoms in total. The molecule has 28 heavy (non-hydrogen) atoms. The van der Waals surface area contributed by atoms with Crippen molar-refractivity contribution in [1.29, 1.82) is 0 Å². The van der Waals surface area contributed by atoms with Gasteiger partial charge in [-0.2, -0.15) is 26.3 Å². The monoisotopic (exact) mass is 401 g/mol. The second-order valence-corrected chi connectivity index (χ2v) is 7.29. The lowest BCUT2D eigenvalue weighted by Gasteiger charge is -2.18. The van der Waals surface area contributed by atoms with Crippen molar-refractivity contribution in [2.45, 2.75) is 38.2 Å². The maximum absolute atomic E-state index is 13.5. The summed E-state index contributed by atoms with van der Waals surface area (Å²) in [5.41, 5.74) is 3.34. The lowest BCUT2D eigenvalue weighted by Crippen LogP contribution is -2.34. The molecule has 0 amide bonds. The van der Waals surface area contributed by atoms with Gasteiger partial charge in [-0.3, -0.25) is 0 Å². The summed E-state index contributed by atoms with van der Waals surface area (Å²) in [7, 11) is 0. The first-order valence-corrected chi connectivity index (χ1v) is 8.30. The van der Waals surface area contributed by atoms with E-state index in [9.17, 15) is 26.3 Å². The summed E-state index contributed by atoms with van der Waals surface area (Å²) in [5.74, 6) is 0. The number of aromatic nitrogens is 2. The molecule has 0 fully saturated rings. The van der Waals surface area contributed by atoms with Crippen LogP contribution in [-0.2, 0) is 18.8 Å². The van der Waals surface area contributed by atoms with Gasteiger partial charge >= 0.3 is 12.4 Å². The Morgan fingerprint density at radius 3 is 2.21 bits per heavy atom. The third kappa shape index (κ3) is 3.99. The predicted molar refractivity (Wildman–Crippen MR) is 92.6 cm³/mol. The third-order valence-corrected chi connectivity index (χ3v) is 4.19. The van der Waals surface area contributed by atoms with Gasteiger partial charge in [0.05, 0.1) is 11.1 Å². The van der Waals surface area contributed by atoms with Crippen molar-refractivity contribution >= 4 is 5.65 Å². The molecular weight excluding hydrogens is 384 g/mol. The minimum Gasteiger partial charge on any atom is -0.325 e. The van der Waals surface area contributed by atoms with E-state index in [-0.39, 0.29) is 22.8 Å². The van der Waals surface area contributed by atoms with E-state index in [1.54, 1.807) is 24.4 Å². The van der Waals surface area contributed by atoms with Gasteiger partial charge in [0, 0.05) is 35.6 Å². The molecule has 1 aromatic carbocycles. The van der Waals surface area contributed by atoms with E-state index >= 15 is 0 Å². The number of benzene rings is 1. The number of nitrogens with zero attached hydrogens (tertiary/aromatic N) is 2. The molecule has 0 unspecified atom stereocenters. The van der Waals surface area contributed by atoms with Crippen LogP contribution in [0.4, 0.5) is 26.3 Å². The van der Waals surface area contributed by atoms with Gasteiger partial charge in [0.15, 0.2) is 0 Å². The molecular formula is C19H17F6N3. The highest BCUT2D eigenvalue weighted by Gasteiger charge is 2.38. The van der Waals surface area contributed by atoms with Crippen LogP contribution in [0.3, 0.4) is 0 Å². The van der Waals surface area contributed by atoms with Crippen LogP contribution in [0, 0.1) is 0 Å². The molecule has 0 radical (unpaired) electrons. The standard InChI is InChI=1S/C19H17F6N3/c1-17(2,26)9-12-10-27-16-14(4-3-7-28(12)16)13-6-5-11(18(20,21)22)8-15(13)19(23,24)25/h3-8,10H,9,26H2,1-2H3. The smallest absolute Gasteiger partial charge is 0.325 e. The fourth-order valence-electron chi connectivity index (χ4n) is 3.06. The molecule has 0 spiro atoms. The highest BCUT2D eigenvalue weighted by Crippen LogP contribution is 2.41. The third-order valence-electron chi connectivity index (χ3n) is 4.19. The maximum Gasteiger partial charge on any atom is 0.417 e. The number of imidazole rings is 1. The van der Waals surface area contributed by atoms with Crippen LogP contribution in [0.5, 0.6) is 0 Å². The Bertz CT molecular complexity index is 1010. The van der Waals surface area contributed by atoms with Crippen molar-refractivity contribution in [2.75, 3.05) is 0 Å². The van der Waals surface area contributed by atoms with Crippen molar-refractivity contribution in [3.05, 3.63) is 59.5 Å². The van der Waals surface area contributed by atoms with E-state index in [4.69, 9.17) is 5.73 Å². The van der Waals surface area contributed by atoms with Crippen molar-refractivity contribution < 1.29 is 26.3 Å². The van der Waals surface area contributed by atoms with E-state index in [1.807, 2.05) is 0 Å². The van der Waals surface area contributed by atoms with E-state index in [0.29, 0.717) is 18.2 Å². The Kier molecular flexibility index (Phi) is 4.69. The van der Waals surface area contributed by atoms with Crippen molar-refractivity contribution in [3.63, 3.8) is 0 Å². The maximum atomic E-state index is 13.5. The number of pyridine rings is 1. The lowest BCUT2D eigenvalue weighted by molar-refractivity contribution is -0.142. The Hall–Kier alpha value is -2.55. The van der Waals surface area contributed by atoms with Gasteiger partial charge < -0.3 is 10.1 Å². The minimum absolute atomic E-state index is 0.0876. The Labute approximate surface area is 156 Å². The van der Waals surface area contributed by atoms with Gasteiger partial charge in [0.25, 0.3) is 0 Å². The summed E-state index contributed by atoms with van der Waals surface area (Å²) in [5, 5.41) is 0. The summed E-state index contributed by atoms with van der Waals surface area (Å²) in [4.78, 5) is 4.19. The molecule has 2 N–H and O–H groups in total. The van der Waals surface area contributed by atoms with Crippen LogP contribution in [0.15, 0.2) is 42.7 Å². The van der Waals surface area contributed by atoms with Crippen molar-refractivity contribution in [2.24, 2.45) is 5.73 Å². The van der Waals surface area contributed by atoms with Crippen molar-refractivity contribution in [1.82, 2.24) is 9.38 Å². The number of nitrogens with two attached hydrogens (primary N) is 1. The molecule has 0 saturated carbocycles. The Balaban J connectivity index is 2.23. The van der Waals surface area contributed by atoms with Crippen LogP contribution < -0.4 is 5.73 Å². The van der Waals surface area contributed by atoms with Crippen LogP contribution in [0.25, 0.3) is 16.8 Å². The molecule has 2 aromatic heterocycles. The van der Waals surface area contributed by atoms with Gasteiger partial charge in [-0.15, -0.1) is 0 Å². The highest BCUT2D eigenvalue weighted by molar-refractivity contribution is 5.80. The van der Waals surface area contributed by atoms with E-state index in [1.165, 1.54) is 18.3 Å². The van der Waals surface area contributed by atoms with Crippen LogP contribution in [0.1, 0.15) is 30.7 Å². The summed E-state index contributed by atoms with van der Waals surface area (Å²) < 4.78 is 80.9. The van der Waals surface area contributed by atoms with E-state index < -0.39 is 29.0 Å². The molecule has 0 saturated heterocycles. The van der Waals surface area contributed by atoms with Crippen LogP contribution >= 0.6 is 0 Å². The molecule has 0 aliphatic heterocycles. The molecule has 0 aliphatic rings. The largest absolute Gasteiger partial charge is 0.417 e. The normalized spacial score (nSPS) is 13.3. The first-order chi connectivity index (χ1) is 12.8. The SMILES string of the molecule is CC(C)(N)Cc1cnc2c(-c3ccc(C(F)(F)F)cc3C(F)(F)F)cccn12. The molecule has 0 aliphatic carbocycles. The van der Waals surface area contributed by atoms with Gasteiger partial charge in [0.1, 0.15) is 5.65 Å². The average Bonchev–Trinajstić information content (AvgIpc) is 2.94. The summed E-state index contributed by atoms with van der Waals surface area (Å²) in [6.45, 7) is 3.60. The van der Waals surface area contributed by atoms with E-state index in [2.05, 4.69) is 4.98 Å². The van der Waals surface area contributed by atoms with Crippen LogP contribution in [-0.4, -0.2) is 14.9 Å². The zero-order chi connectivity index (χ0) is 20.9. The topological polar surface area (TPSA) is 43.3 Å². The average molecular weight is 401 g/mol. The Morgan fingerprint density at radius 1 is 0.964 bits per heavy atom. The quantitative estimate of drug-likeness (QED) is 0.604. The molecule has 0 atom stereocenters. The number of hydrogen-bond acceptors (Lipinski definition) is 2. The zero-order valence-corrected chi connectivity index (χ0v) is 15.0. The van der Waals surface area contributed by atoms with Gasteiger partial charge in [-0.25, -0.2) is 4.98 Å². The number of alkyl halides is 6. The minimum atomic E-state index is -4.96. The fourth-order valence-corrected chi connectivity index (χ4v) is 3.06. The Morgan fingerprint density at radius 2 is 1.64 bits per heavy atom. The van der Waals surface area contributed by atoms with Gasteiger partial charge in [-0.05, 0) is 43.7 Å². The highest BCUT2D eigenvalue weighted by atomic mass is 19.4. The second kappa shape index (κ2) is 6.51. The molecule has 150 valence electrons. The lowest BCUT2D eigenvalue weighted by atomic mass is 9.97. The van der Waals surface area contributed by atoms with E-state index in [0.717, 1.165) is 6.07 Å². The number of rotatable bonds is 3. The zero-order valence-electron chi connectivity index (χ0n) is 15.0. The van der Waals surface area contributed by atoms with Gasteiger partial charge in [-0.1, -0.05) is 6.07 Å². The van der Waals surface area contributed by atoms with Crippen molar-refractivity contribution in [3.8, 4) is 11.1 Å². The first kappa shape index (κ1) is 20.2. The number of halogens is 6. The number of fused-ring (bicyclic) bond motifs is 1. The summed E-state index contributed by atoms with van der Waals surface area (Å²) in [6.07, 6.45) is -6.29. The first-order valence-electron chi connectivity index (χ1n) is 8.30. The predicted octanol–water partition coefficient (Wildman–Crippen LogP) is 5.32. The second-order valence-electron chi connectivity index (χ2n) is 7.29. The molecule has 3 aromatic rings. The molecule has 0 bridgehead atoms. The fraction of sp³-hybridized carbons (Fsp3) is 0.316. The summed E-state index contributed by atoms with van der Waals surface area (Å²) >= 11 is 0. The molecule has 9 heteroatoms.